The van der Waals surface area contributed by atoms with Crippen LogP contribution in [0.5, 0.6) is 0 Å². The fourth-order valence-electron chi connectivity index (χ4n) is 3.59. The van der Waals surface area contributed by atoms with E-state index in [1.807, 2.05) is 0 Å². The molecule has 0 spiro atoms. The molecule has 0 aliphatic carbocycles. The lowest BCUT2D eigenvalue weighted by molar-refractivity contribution is -0.141. The number of halogens is 3. The zero-order valence-corrected chi connectivity index (χ0v) is 19.4. The van der Waals surface area contributed by atoms with Crippen molar-refractivity contribution < 1.29 is 26.4 Å². The Bertz CT molecular complexity index is 1560. The van der Waals surface area contributed by atoms with E-state index in [9.17, 15) is 26.4 Å². The SMILES string of the molecule is CCNC(=O)c1c(C)cnc2c(-c3nc4cc(C(F)(F)F)ncc4n3C)c(S(=O)(=O)CC)nn12. The van der Waals surface area contributed by atoms with E-state index in [4.69, 9.17) is 0 Å². The summed E-state index contributed by atoms with van der Waals surface area (Å²) in [4.78, 5) is 24.8. The van der Waals surface area contributed by atoms with Gasteiger partial charge in [-0.25, -0.2) is 27.9 Å². The number of sulfone groups is 1. The van der Waals surface area contributed by atoms with E-state index in [1.54, 1.807) is 13.8 Å². The van der Waals surface area contributed by atoms with Crippen molar-refractivity contribution in [2.75, 3.05) is 12.3 Å². The molecule has 4 rings (SSSR count). The van der Waals surface area contributed by atoms with Crippen molar-refractivity contribution in [3.05, 3.63) is 35.4 Å². The first-order valence-electron chi connectivity index (χ1n) is 10.2. The standard InChI is InChI=1S/C20H20F3N7O3S/c1-5-24-18(31)15-10(3)8-26-16-14(19(28-30(15)16)34(32,33)6-2)17-27-11-7-13(20(21,22)23)25-9-12(11)29(17)4/h7-9H,5-6H2,1-4H3,(H,24,31). The third-order valence-corrected chi connectivity index (χ3v) is 6.94. The second-order valence-corrected chi connectivity index (χ2v) is 9.71. The highest BCUT2D eigenvalue weighted by atomic mass is 32.2. The highest BCUT2D eigenvalue weighted by Gasteiger charge is 2.34. The van der Waals surface area contributed by atoms with E-state index in [0.29, 0.717) is 12.1 Å². The summed E-state index contributed by atoms with van der Waals surface area (Å²) >= 11 is 0. The largest absolute Gasteiger partial charge is 0.433 e. The van der Waals surface area contributed by atoms with Crippen molar-refractivity contribution >= 4 is 32.4 Å². The van der Waals surface area contributed by atoms with Gasteiger partial charge in [-0.15, -0.1) is 0 Å². The Balaban J connectivity index is 2.10. The van der Waals surface area contributed by atoms with Crippen molar-refractivity contribution in [2.24, 2.45) is 7.05 Å². The van der Waals surface area contributed by atoms with Gasteiger partial charge < -0.3 is 9.88 Å². The summed E-state index contributed by atoms with van der Waals surface area (Å²) in [5.41, 5.74) is -0.352. The highest BCUT2D eigenvalue weighted by molar-refractivity contribution is 7.91. The van der Waals surface area contributed by atoms with Gasteiger partial charge in [-0.05, 0) is 25.5 Å². The Hall–Kier alpha value is -3.55. The van der Waals surface area contributed by atoms with Crippen LogP contribution in [0, 0.1) is 6.92 Å². The van der Waals surface area contributed by atoms with Gasteiger partial charge >= 0.3 is 6.18 Å². The number of alkyl halides is 3. The molecule has 4 aromatic rings. The van der Waals surface area contributed by atoms with Gasteiger partial charge in [0, 0.05) is 19.8 Å². The molecule has 0 radical (unpaired) electrons. The van der Waals surface area contributed by atoms with Gasteiger partial charge in [-0.2, -0.15) is 18.3 Å². The summed E-state index contributed by atoms with van der Waals surface area (Å²) in [6.45, 7) is 5.12. The molecule has 180 valence electrons. The summed E-state index contributed by atoms with van der Waals surface area (Å²) < 4.78 is 67.9. The van der Waals surface area contributed by atoms with Gasteiger partial charge in [0.2, 0.25) is 0 Å². The van der Waals surface area contributed by atoms with Crippen LogP contribution in [-0.2, 0) is 23.1 Å². The minimum absolute atomic E-state index is 0.0142. The molecule has 10 nitrogen and oxygen atoms in total. The predicted molar refractivity (Wildman–Crippen MR) is 116 cm³/mol. The zero-order valence-electron chi connectivity index (χ0n) is 18.6. The maximum atomic E-state index is 13.2. The number of amides is 1. The number of pyridine rings is 1. The Labute approximate surface area is 191 Å². The number of hydrogen-bond acceptors (Lipinski definition) is 7. The average Bonchev–Trinajstić information content (AvgIpc) is 3.31. The van der Waals surface area contributed by atoms with E-state index in [1.165, 1.54) is 24.7 Å². The van der Waals surface area contributed by atoms with Gasteiger partial charge in [0.05, 0.1) is 23.0 Å². The molecule has 0 bridgehead atoms. The molecule has 0 saturated heterocycles. The minimum atomic E-state index is -4.67. The van der Waals surface area contributed by atoms with E-state index in [-0.39, 0.29) is 44.5 Å². The molecule has 1 N–H and O–H groups in total. The Morgan fingerprint density at radius 2 is 1.88 bits per heavy atom. The summed E-state index contributed by atoms with van der Waals surface area (Å²) in [5, 5.41) is 6.50. The lowest BCUT2D eigenvalue weighted by Crippen LogP contribution is -2.26. The van der Waals surface area contributed by atoms with Gasteiger partial charge in [-0.3, -0.25) is 4.79 Å². The molecule has 0 fully saturated rings. The van der Waals surface area contributed by atoms with Crippen molar-refractivity contribution in [2.45, 2.75) is 32.0 Å². The first-order chi connectivity index (χ1) is 15.9. The number of rotatable bonds is 5. The number of imidazole rings is 1. The second kappa shape index (κ2) is 8.04. The molecule has 0 aliphatic heterocycles. The van der Waals surface area contributed by atoms with Crippen LogP contribution < -0.4 is 5.32 Å². The predicted octanol–water partition coefficient (Wildman–Crippen LogP) is 2.55. The number of aromatic nitrogens is 6. The molecule has 4 aromatic heterocycles. The average molecular weight is 495 g/mol. The van der Waals surface area contributed by atoms with Crippen molar-refractivity contribution in [1.82, 2.24) is 34.4 Å². The second-order valence-electron chi connectivity index (χ2n) is 7.52. The molecular weight excluding hydrogens is 475 g/mol. The third kappa shape index (κ3) is 3.67. The molecule has 4 heterocycles. The molecule has 34 heavy (non-hydrogen) atoms. The smallest absolute Gasteiger partial charge is 0.351 e. The van der Waals surface area contributed by atoms with Gasteiger partial charge in [0.15, 0.2) is 20.5 Å². The van der Waals surface area contributed by atoms with Crippen LogP contribution in [0.25, 0.3) is 28.1 Å². The summed E-state index contributed by atoms with van der Waals surface area (Å²) in [6.07, 6.45) is -2.25. The number of nitrogens with zero attached hydrogens (tertiary/aromatic N) is 6. The summed E-state index contributed by atoms with van der Waals surface area (Å²) in [6, 6.07) is 0.788. The van der Waals surface area contributed by atoms with Crippen LogP contribution in [0.15, 0.2) is 23.5 Å². The maximum absolute atomic E-state index is 13.2. The topological polar surface area (TPSA) is 124 Å². The number of hydrogen-bond donors (Lipinski definition) is 1. The van der Waals surface area contributed by atoms with Crippen LogP contribution in [0.1, 0.15) is 35.6 Å². The molecule has 0 saturated carbocycles. The normalized spacial score (nSPS) is 12.6. The Morgan fingerprint density at radius 1 is 1.18 bits per heavy atom. The van der Waals surface area contributed by atoms with E-state index < -0.39 is 27.6 Å². The first kappa shape index (κ1) is 23.6. The fourth-order valence-corrected chi connectivity index (χ4v) is 4.56. The van der Waals surface area contributed by atoms with Crippen LogP contribution in [0.3, 0.4) is 0 Å². The Morgan fingerprint density at radius 3 is 2.50 bits per heavy atom. The van der Waals surface area contributed by atoms with E-state index >= 15 is 0 Å². The van der Waals surface area contributed by atoms with E-state index in [2.05, 4.69) is 25.4 Å². The third-order valence-electron chi connectivity index (χ3n) is 5.30. The maximum Gasteiger partial charge on any atom is 0.433 e. The van der Waals surface area contributed by atoms with Gasteiger partial charge in [0.25, 0.3) is 5.91 Å². The van der Waals surface area contributed by atoms with Crippen LogP contribution in [-0.4, -0.2) is 55.8 Å². The van der Waals surface area contributed by atoms with Crippen molar-refractivity contribution in [3.63, 3.8) is 0 Å². The molecule has 0 aliphatic rings. The molecule has 0 unspecified atom stereocenters. The number of carbonyl (C=O) groups excluding carboxylic acids is 1. The lowest BCUT2D eigenvalue weighted by Gasteiger charge is -2.08. The van der Waals surface area contributed by atoms with Gasteiger partial charge in [0.1, 0.15) is 22.8 Å². The molecular formula is C20H20F3N7O3S. The molecule has 0 atom stereocenters. The number of nitrogens with one attached hydrogen (secondary N) is 1. The summed E-state index contributed by atoms with van der Waals surface area (Å²) in [5.74, 6) is -0.759. The summed E-state index contributed by atoms with van der Waals surface area (Å²) in [7, 11) is -2.43. The van der Waals surface area contributed by atoms with Crippen LogP contribution in [0.2, 0.25) is 0 Å². The monoisotopic (exact) mass is 495 g/mol. The Kier molecular flexibility index (Phi) is 5.58. The first-order valence-corrected chi connectivity index (χ1v) is 11.8. The fraction of sp³-hybridized carbons (Fsp3) is 0.350. The molecule has 1 amide bonds. The van der Waals surface area contributed by atoms with Crippen LogP contribution >= 0.6 is 0 Å². The highest BCUT2D eigenvalue weighted by Crippen LogP contribution is 2.35. The van der Waals surface area contributed by atoms with Crippen LogP contribution in [0.4, 0.5) is 13.2 Å². The van der Waals surface area contributed by atoms with Crippen molar-refractivity contribution in [3.8, 4) is 11.4 Å². The number of carbonyl (C=O) groups is 1. The van der Waals surface area contributed by atoms with Crippen molar-refractivity contribution in [1.29, 1.82) is 0 Å². The molecule has 0 aromatic carbocycles. The minimum Gasteiger partial charge on any atom is -0.351 e. The quantitative estimate of drug-likeness (QED) is 0.451. The lowest BCUT2D eigenvalue weighted by atomic mass is 10.2. The zero-order chi connectivity index (χ0) is 25.0. The molecule has 14 heteroatoms. The van der Waals surface area contributed by atoms with Gasteiger partial charge in [-0.1, -0.05) is 6.92 Å². The number of fused-ring (bicyclic) bond motifs is 2. The van der Waals surface area contributed by atoms with E-state index in [0.717, 1.165) is 16.8 Å². The number of aryl methyl sites for hydroxylation is 2.